The molecule has 0 aliphatic heterocycles. The maximum Gasteiger partial charge on any atom is 0.238 e. The molecule has 1 rings (SSSR count). The van der Waals surface area contributed by atoms with Crippen LogP contribution >= 0.6 is 27.7 Å². The molecular weight excluding hydrogens is 286 g/mol. The number of amides is 1. The molecule has 2 nitrogen and oxygen atoms in total. The van der Waals surface area contributed by atoms with Gasteiger partial charge in [0.15, 0.2) is 0 Å². The van der Waals surface area contributed by atoms with Crippen LogP contribution in [0.4, 0.5) is 5.69 Å². The maximum absolute atomic E-state index is 11.7. The Balaban J connectivity index is 2.62. The van der Waals surface area contributed by atoms with E-state index in [1.807, 2.05) is 44.4 Å². The first kappa shape index (κ1) is 13.6. The summed E-state index contributed by atoms with van der Waals surface area (Å²) in [5.74, 6) is 0.289. The molecule has 0 aliphatic rings. The van der Waals surface area contributed by atoms with E-state index in [0.717, 1.165) is 5.69 Å². The normalized spacial score (nSPS) is 12.6. The van der Waals surface area contributed by atoms with E-state index in [1.54, 1.807) is 11.8 Å². The first-order valence-corrected chi connectivity index (χ1v) is 7.27. The molecule has 0 radical (unpaired) electrons. The fourth-order valence-electron chi connectivity index (χ4n) is 1.19. The average molecular weight is 302 g/mol. The second kappa shape index (κ2) is 6.30. The Kier molecular flexibility index (Phi) is 5.35. The first-order chi connectivity index (χ1) is 7.54. The van der Waals surface area contributed by atoms with Crippen LogP contribution < -0.4 is 5.32 Å². The molecule has 1 aromatic carbocycles. The molecule has 0 aliphatic carbocycles. The van der Waals surface area contributed by atoms with Gasteiger partial charge < -0.3 is 5.32 Å². The molecule has 1 N–H and O–H groups in total. The number of anilines is 1. The molecule has 88 valence electrons. The van der Waals surface area contributed by atoms with Crippen molar-refractivity contribution in [2.45, 2.75) is 23.6 Å². The zero-order chi connectivity index (χ0) is 12.1. The third-order valence-corrected chi connectivity index (χ3v) is 4.41. The minimum atomic E-state index is -0.146. The highest BCUT2D eigenvalue weighted by Gasteiger charge is 2.18. The van der Waals surface area contributed by atoms with Crippen LogP contribution in [0, 0.1) is 5.92 Å². The first-order valence-electron chi connectivity index (χ1n) is 5.13. The summed E-state index contributed by atoms with van der Waals surface area (Å²) >= 11 is 5.06. The Labute approximate surface area is 109 Å². The van der Waals surface area contributed by atoms with Crippen molar-refractivity contribution < 1.29 is 4.79 Å². The third-order valence-electron chi connectivity index (χ3n) is 2.19. The second-order valence-corrected chi connectivity index (χ2v) is 5.73. The SMILES string of the molecule is CSc1ccc(NC(=O)C(Br)C(C)C)cc1. The molecule has 16 heavy (non-hydrogen) atoms. The van der Waals surface area contributed by atoms with Crippen LogP contribution in [0.2, 0.25) is 0 Å². The summed E-state index contributed by atoms with van der Waals surface area (Å²) in [7, 11) is 0. The van der Waals surface area contributed by atoms with E-state index in [1.165, 1.54) is 4.90 Å². The number of carbonyl (C=O) groups excluding carboxylic acids is 1. The number of halogens is 1. The van der Waals surface area contributed by atoms with E-state index in [0.29, 0.717) is 0 Å². The van der Waals surface area contributed by atoms with Crippen LogP contribution in [0.3, 0.4) is 0 Å². The number of thioether (sulfide) groups is 1. The van der Waals surface area contributed by atoms with Crippen LogP contribution in [0.5, 0.6) is 0 Å². The van der Waals surface area contributed by atoms with E-state index < -0.39 is 0 Å². The van der Waals surface area contributed by atoms with Gasteiger partial charge in [-0.05, 0) is 36.4 Å². The second-order valence-electron chi connectivity index (χ2n) is 3.86. The van der Waals surface area contributed by atoms with Crippen LogP contribution in [-0.2, 0) is 4.79 Å². The topological polar surface area (TPSA) is 29.1 Å². The number of alkyl halides is 1. The van der Waals surface area contributed by atoms with E-state index in [2.05, 4.69) is 21.2 Å². The summed E-state index contributed by atoms with van der Waals surface area (Å²) < 4.78 is 0. The van der Waals surface area contributed by atoms with Gasteiger partial charge in [0.2, 0.25) is 5.91 Å². The molecule has 0 saturated carbocycles. The lowest BCUT2D eigenvalue weighted by atomic mass is 10.1. The van der Waals surface area contributed by atoms with Crippen LogP contribution in [0.1, 0.15) is 13.8 Å². The summed E-state index contributed by atoms with van der Waals surface area (Å²) in [4.78, 5) is 12.8. The zero-order valence-corrected chi connectivity index (χ0v) is 12.1. The molecule has 0 bridgehead atoms. The Morgan fingerprint density at radius 1 is 1.31 bits per heavy atom. The molecule has 0 spiro atoms. The van der Waals surface area contributed by atoms with Gasteiger partial charge in [0.25, 0.3) is 0 Å². The highest BCUT2D eigenvalue weighted by Crippen LogP contribution is 2.19. The minimum Gasteiger partial charge on any atom is -0.325 e. The lowest BCUT2D eigenvalue weighted by Gasteiger charge is -2.13. The number of carbonyl (C=O) groups is 1. The highest BCUT2D eigenvalue weighted by atomic mass is 79.9. The van der Waals surface area contributed by atoms with Gasteiger partial charge in [0.05, 0.1) is 4.83 Å². The maximum atomic E-state index is 11.7. The van der Waals surface area contributed by atoms with E-state index in [-0.39, 0.29) is 16.7 Å². The van der Waals surface area contributed by atoms with E-state index >= 15 is 0 Å². The smallest absolute Gasteiger partial charge is 0.238 e. The third kappa shape index (κ3) is 3.83. The van der Waals surface area contributed by atoms with Gasteiger partial charge >= 0.3 is 0 Å². The van der Waals surface area contributed by atoms with E-state index in [4.69, 9.17) is 0 Å². The van der Waals surface area contributed by atoms with Crippen molar-refractivity contribution in [1.82, 2.24) is 0 Å². The number of rotatable bonds is 4. The Bertz CT molecular complexity index is 351. The van der Waals surface area contributed by atoms with Gasteiger partial charge in [-0.25, -0.2) is 0 Å². The Hall–Kier alpha value is -0.480. The molecule has 1 atom stereocenters. The largest absolute Gasteiger partial charge is 0.325 e. The molecule has 0 aromatic heterocycles. The summed E-state index contributed by atoms with van der Waals surface area (Å²) in [6.07, 6.45) is 2.03. The van der Waals surface area contributed by atoms with Crippen molar-refractivity contribution in [2.24, 2.45) is 5.92 Å². The molecule has 1 amide bonds. The molecule has 1 aromatic rings. The standard InChI is InChI=1S/C12H16BrNOS/c1-8(2)11(13)12(15)14-9-4-6-10(16-3)7-5-9/h4-8,11H,1-3H3,(H,14,15). The summed E-state index contributed by atoms with van der Waals surface area (Å²) in [5.41, 5.74) is 0.841. The number of benzene rings is 1. The molecule has 0 saturated heterocycles. The molecule has 4 heteroatoms. The lowest BCUT2D eigenvalue weighted by Crippen LogP contribution is -2.26. The quantitative estimate of drug-likeness (QED) is 0.677. The van der Waals surface area contributed by atoms with Crippen molar-refractivity contribution >= 4 is 39.3 Å². The fourth-order valence-corrected chi connectivity index (χ4v) is 1.71. The van der Waals surface area contributed by atoms with Gasteiger partial charge in [-0.3, -0.25) is 4.79 Å². The molecule has 0 fully saturated rings. The van der Waals surface area contributed by atoms with E-state index in [9.17, 15) is 4.79 Å². The number of hydrogen-bond donors (Lipinski definition) is 1. The molecular formula is C12H16BrNOS. The van der Waals surface area contributed by atoms with Crippen molar-refractivity contribution in [2.75, 3.05) is 11.6 Å². The number of nitrogens with one attached hydrogen (secondary N) is 1. The monoisotopic (exact) mass is 301 g/mol. The van der Waals surface area contributed by atoms with Gasteiger partial charge in [0.1, 0.15) is 0 Å². The van der Waals surface area contributed by atoms with Crippen molar-refractivity contribution in [3.63, 3.8) is 0 Å². The summed E-state index contributed by atoms with van der Waals surface area (Å²) in [5, 5.41) is 2.88. The van der Waals surface area contributed by atoms with Crippen molar-refractivity contribution in [3.05, 3.63) is 24.3 Å². The Morgan fingerprint density at radius 3 is 2.31 bits per heavy atom. The highest BCUT2D eigenvalue weighted by molar-refractivity contribution is 9.10. The zero-order valence-electron chi connectivity index (χ0n) is 9.66. The fraction of sp³-hybridized carbons (Fsp3) is 0.417. The Morgan fingerprint density at radius 2 is 1.88 bits per heavy atom. The minimum absolute atomic E-state index is 0.00639. The predicted octanol–water partition coefficient (Wildman–Crippen LogP) is 3.77. The molecule has 0 heterocycles. The van der Waals surface area contributed by atoms with Crippen LogP contribution in [-0.4, -0.2) is 17.0 Å². The predicted molar refractivity (Wildman–Crippen MR) is 74.4 cm³/mol. The summed E-state index contributed by atoms with van der Waals surface area (Å²) in [6, 6.07) is 7.84. The van der Waals surface area contributed by atoms with Gasteiger partial charge in [-0.1, -0.05) is 29.8 Å². The van der Waals surface area contributed by atoms with Crippen molar-refractivity contribution in [1.29, 1.82) is 0 Å². The lowest BCUT2D eigenvalue weighted by molar-refractivity contribution is -0.116. The average Bonchev–Trinajstić information content (AvgIpc) is 2.28. The molecule has 1 unspecified atom stereocenters. The van der Waals surface area contributed by atoms with Crippen LogP contribution in [0.25, 0.3) is 0 Å². The van der Waals surface area contributed by atoms with Gasteiger partial charge in [-0.15, -0.1) is 11.8 Å². The summed E-state index contributed by atoms with van der Waals surface area (Å²) in [6.45, 7) is 4.02. The number of hydrogen-bond acceptors (Lipinski definition) is 2. The van der Waals surface area contributed by atoms with Crippen molar-refractivity contribution in [3.8, 4) is 0 Å². The van der Waals surface area contributed by atoms with Gasteiger partial charge in [-0.2, -0.15) is 0 Å². The van der Waals surface area contributed by atoms with Gasteiger partial charge in [0, 0.05) is 10.6 Å². The van der Waals surface area contributed by atoms with Crippen LogP contribution in [0.15, 0.2) is 29.2 Å².